The number of phenols is 1. The predicted molar refractivity (Wildman–Crippen MR) is 76.3 cm³/mol. The van der Waals surface area contributed by atoms with Crippen molar-refractivity contribution < 1.29 is 14.7 Å². The zero-order valence-electron chi connectivity index (χ0n) is 10.7. The maximum Gasteiger partial charge on any atom is 0.363 e. The molecule has 0 amide bonds. The smallest absolute Gasteiger partial charge is 0.363 e. The van der Waals surface area contributed by atoms with Gasteiger partial charge in [0.05, 0.1) is 12.1 Å². The lowest BCUT2D eigenvalue weighted by molar-refractivity contribution is 0.0460. The minimum atomic E-state index is -0.449. The van der Waals surface area contributed by atoms with Gasteiger partial charge in [-0.15, -0.1) is 0 Å². The fourth-order valence-electron chi connectivity index (χ4n) is 2.13. The van der Waals surface area contributed by atoms with Gasteiger partial charge in [0, 0.05) is 5.56 Å². The van der Waals surface area contributed by atoms with Crippen LogP contribution in [0.4, 0.5) is 5.69 Å². The molecule has 4 heteroatoms. The Bertz CT molecular complexity index is 665. The maximum atomic E-state index is 12.1. The number of benzene rings is 2. The number of rotatable bonds is 2. The second kappa shape index (κ2) is 5.09. The van der Waals surface area contributed by atoms with E-state index in [9.17, 15) is 9.90 Å². The van der Waals surface area contributed by atoms with E-state index in [-0.39, 0.29) is 5.75 Å². The molecule has 0 saturated carbocycles. The van der Waals surface area contributed by atoms with Gasteiger partial charge >= 0.3 is 5.97 Å². The Morgan fingerprint density at radius 1 is 1.10 bits per heavy atom. The number of fused-ring (bicyclic) bond motifs is 1. The molecule has 0 radical (unpaired) electrons. The highest BCUT2D eigenvalue weighted by Crippen LogP contribution is 2.34. The summed E-state index contributed by atoms with van der Waals surface area (Å²) in [6.45, 7) is 0.406. The number of para-hydroxylation sites is 1. The first-order valence-corrected chi connectivity index (χ1v) is 6.29. The molecule has 0 atom stereocenters. The average Bonchev–Trinajstić information content (AvgIpc) is 2.48. The molecule has 0 fully saturated rings. The van der Waals surface area contributed by atoms with Crippen LogP contribution in [-0.2, 0) is 4.84 Å². The fourth-order valence-corrected chi connectivity index (χ4v) is 2.13. The zero-order chi connectivity index (χ0) is 13.9. The van der Waals surface area contributed by atoms with Gasteiger partial charge in [0.2, 0.25) is 0 Å². The normalized spacial score (nSPS) is 12.9. The largest absolute Gasteiger partial charge is 0.506 e. The third kappa shape index (κ3) is 2.23. The van der Waals surface area contributed by atoms with Gasteiger partial charge in [-0.05, 0) is 18.2 Å². The lowest BCUT2D eigenvalue weighted by Crippen LogP contribution is -2.29. The number of hydrogen-bond donors (Lipinski definition) is 1. The third-order valence-corrected chi connectivity index (χ3v) is 3.07. The van der Waals surface area contributed by atoms with Crippen molar-refractivity contribution in [3.63, 3.8) is 0 Å². The van der Waals surface area contributed by atoms with Crippen LogP contribution in [0.15, 0.2) is 54.6 Å². The topological polar surface area (TPSA) is 49.8 Å². The van der Waals surface area contributed by atoms with Gasteiger partial charge in [0.25, 0.3) is 0 Å². The maximum absolute atomic E-state index is 12.1. The number of carbonyl (C=O) groups excluding carboxylic acids is 1. The molecular formula is C16H13NO3. The number of carbonyl (C=O) groups is 1. The summed E-state index contributed by atoms with van der Waals surface area (Å²) < 4.78 is 0. The lowest BCUT2D eigenvalue weighted by atomic mass is 10.1. The first-order valence-electron chi connectivity index (χ1n) is 6.29. The van der Waals surface area contributed by atoms with Crippen molar-refractivity contribution in [2.24, 2.45) is 0 Å². The molecule has 0 aliphatic carbocycles. The van der Waals surface area contributed by atoms with Gasteiger partial charge < -0.3 is 9.94 Å². The summed E-state index contributed by atoms with van der Waals surface area (Å²) in [5, 5.41) is 11.3. The van der Waals surface area contributed by atoms with Gasteiger partial charge in [0.1, 0.15) is 11.4 Å². The van der Waals surface area contributed by atoms with Crippen molar-refractivity contribution in [1.29, 1.82) is 0 Å². The van der Waals surface area contributed by atoms with E-state index in [0.29, 0.717) is 17.8 Å². The molecule has 2 aromatic carbocycles. The Hall–Kier alpha value is -2.75. The van der Waals surface area contributed by atoms with Gasteiger partial charge in [-0.25, -0.2) is 4.79 Å². The molecule has 1 N–H and O–H groups in total. The van der Waals surface area contributed by atoms with Crippen LogP contribution in [0.2, 0.25) is 0 Å². The molecule has 0 aromatic heterocycles. The van der Waals surface area contributed by atoms with Crippen LogP contribution in [0.1, 0.15) is 15.9 Å². The summed E-state index contributed by atoms with van der Waals surface area (Å²) in [6.07, 6.45) is 3.77. The zero-order valence-corrected chi connectivity index (χ0v) is 10.7. The summed E-state index contributed by atoms with van der Waals surface area (Å²) >= 11 is 0. The summed E-state index contributed by atoms with van der Waals surface area (Å²) in [5.41, 5.74) is 1.80. The first kappa shape index (κ1) is 12.3. The summed E-state index contributed by atoms with van der Waals surface area (Å²) in [6, 6.07) is 13.9. The summed E-state index contributed by atoms with van der Waals surface area (Å²) in [5.74, 6) is -0.359. The number of hydroxylamine groups is 1. The summed E-state index contributed by atoms with van der Waals surface area (Å²) in [4.78, 5) is 17.4. The van der Waals surface area contributed by atoms with Gasteiger partial charge in [-0.2, -0.15) is 5.06 Å². The molecule has 0 bridgehead atoms. The second-order valence-electron chi connectivity index (χ2n) is 4.42. The van der Waals surface area contributed by atoms with E-state index < -0.39 is 5.97 Å². The van der Waals surface area contributed by atoms with Crippen LogP contribution in [0, 0.1) is 0 Å². The molecule has 1 heterocycles. The van der Waals surface area contributed by atoms with Crippen LogP contribution in [-0.4, -0.2) is 17.6 Å². The Morgan fingerprint density at radius 2 is 1.90 bits per heavy atom. The van der Waals surface area contributed by atoms with Crippen molar-refractivity contribution in [2.75, 3.05) is 11.6 Å². The van der Waals surface area contributed by atoms with Crippen LogP contribution < -0.4 is 5.06 Å². The van der Waals surface area contributed by atoms with E-state index >= 15 is 0 Å². The SMILES string of the molecule is O=C(ON1CC=Cc2cccc(O)c21)c1ccccc1. The number of aromatic hydroxyl groups is 1. The molecule has 2 aromatic rings. The molecule has 1 aliphatic heterocycles. The molecule has 3 rings (SSSR count). The van der Waals surface area contributed by atoms with Crippen LogP contribution in [0.3, 0.4) is 0 Å². The number of anilines is 1. The standard InChI is InChI=1S/C16H13NO3/c18-14-10-4-8-12-9-5-11-17(15(12)14)20-16(19)13-6-2-1-3-7-13/h1-10,18H,11H2. The average molecular weight is 267 g/mol. The highest BCUT2D eigenvalue weighted by atomic mass is 16.7. The minimum Gasteiger partial charge on any atom is -0.506 e. The van der Waals surface area contributed by atoms with E-state index in [1.165, 1.54) is 5.06 Å². The molecule has 20 heavy (non-hydrogen) atoms. The van der Waals surface area contributed by atoms with E-state index in [1.807, 2.05) is 24.3 Å². The van der Waals surface area contributed by atoms with E-state index in [2.05, 4.69) is 0 Å². The molecule has 100 valence electrons. The van der Waals surface area contributed by atoms with E-state index in [0.717, 1.165) is 5.56 Å². The van der Waals surface area contributed by atoms with Gasteiger partial charge in [-0.1, -0.05) is 42.5 Å². The number of phenolic OH excluding ortho intramolecular Hbond substituents is 1. The van der Waals surface area contributed by atoms with Crippen molar-refractivity contribution in [1.82, 2.24) is 0 Å². The van der Waals surface area contributed by atoms with E-state index in [4.69, 9.17) is 4.84 Å². The quantitative estimate of drug-likeness (QED) is 0.908. The predicted octanol–water partition coefficient (Wildman–Crippen LogP) is 3.00. The first-order chi connectivity index (χ1) is 9.75. The lowest BCUT2D eigenvalue weighted by Gasteiger charge is -2.26. The van der Waals surface area contributed by atoms with Crippen molar-refractivity contribution in [3.8, 4) is 5.75 Å². The molecule has 0 spiro atoms. The van der Waals surface area contributed by atoms with Crippen LogP contribution in [0.25, 0.3) is 6.08 Å². The highest BCUT2D eigenvalue weighted by molar-refractivity contribution is 5.90. The Morgan fingerprint density at radius 3 is 2.70 bits per heavy atom. The molecule has 4 nitrogen and oxygen atoms in total. The fraction of sp³-hybridized carbons (Fsp3) is 0.0625. The number of nitrogens with zero attached hydrogens (tertiary/aromatic N) is 1. The molecule has 0 unspecified atom stereocenters. The van der Waals surface area contributed by atoms with Gasteiger partial charge in [0.15, 0.2) is 0 Å². The highest BCUT2D eigenvalue weighted by Gasteiger charge is 2.21. The number of hydrogen-bond acceptors (Lipinski definition) is 4. The van der Waals surface area contributed by atoms with Crippen molar-refractivity contribution >= 4 is 17.7 Å². The monoisotopic (exact) mass is 267 g/mol. The Kier molecular flexibility index (Phi) is 3.13. The Balaban J connectivity index is 1.87. The van der Waals surface area contributed by atoms with Crippen LogP contribution in [0.5, 0.6) is 5.75 Å². The third-order valence-electron chi connectivity index (χ3n) is 3.07. The molecule has 0 saturated heterocycles. The Labute approximate surface area is 116 Å². The van der Waals surface area contributed by atoms with Gasteiger partial charge in [-0.3, -0.25) is 0 Å². The summed E-state index contributed by atoms with van der Waals surface area (Å²) in [7, 11) is 0. The van der Waals surface area contributed by atoms with Crippen LogP contribution >= 0.6 is 0 Å². The second-order valence-corrected chi connectivity index (χ2v) is 4.42. The van der Waals surface area contributed by atoms with E-state index in [1.54, 1.807) is 36.4 Å². The molecule has 1 aliphatic rings. The minimum absolute atomic E-state index is 0.0905. The van der Waals surface area contributed by atoms with Crippen molar-refractivity contribution in [2.45, 2.75) is 0 Å². The molecular weight excluding hydrogens is 254 g/mol. The van der Waals surface area contributed by atoms with Crippen molar-refractivity contribution in [3.05, 3.63) is 65.7 Å².